The lowest BCUT2D eigenvalue weighted by atomic mass is 10.1. The van der Waals surface area contributed by atoms with Crippen LogP contribution in [0.5, 0.6) is 5.75 Å². The van der Waals surface area contributed by atoms with Crippen LogP contribution in [0.3, 0.4) is 0 Å². The number of methoxy groups -OCH3 is 1. The van der Waals surface area contributed by atoms with Gasteiger partial charge in [-0.25, -0.2) is 8.42 Å². The number of ether oxygens (including phenoxy) is 1. The minimum atomic E-state index is -4.20. The minimum absolute atomic E-state index is 0.0423. The molecule has 1 fully saturated rings. The van der Waals surface area contributed by atoms with Crippen LogP contribution in [-0.2, 0) is 26.2 Å². The molecule has 10 heteroatoms. The van der Waals surface area contributed by atoms with E-state index in [1.807, 2.05) is 19.9 Å². The number of halogens is 1. The third-order valence-corrected chi connectivity index (χ3v) is 9.65. The molecule has 0 heterocycles. The molecule has 0 saturated heterocycles. The average Bonchev–Trinajstić information content (AvgIpc) is 3.48. The van der Waals surface area contributed by atoms with Crippen LogP contribution in [0.4, 0.5) is 5.69 Å². The van der Waals surface area contributed by atoms with Crippen molar-refractivity contribution >= 4 is 39.1 Å². The van der Waals surface area contributed by atoms with Crippen molar-refractivity contribution in [2.24, 2.45) is 0 Å². The summed E-state index contributed by atoms with van der Waals surface area (Å²) < 4.78 is 34.8. The zero-order valence-electron chi connectivity index (χ0n) is 24.5. The number of nitrogens with one attached hydrogen (secondary N) is 1. The van der Waals surface area contributed by atoms with Gasteiger partial charge < -0.3 is 15.0 Å². The van der Waals surface area contributed by atoms with Crippen molar-refractivity contribution in [3.8, 4) is 5.75 Å². The molecule has 4 rings (SSSR count). The van der Waals surface area contributed by atoms with E-state index in [1.54, 1.807) is 55.5 Å². The molecule has 0 radical (unpaired) electrons. The maximum atomic E-state index is 14.2. The molecule has 2 amide bonds. The molecule has 0 spiro atoms. The monoisotopic (exact) mass is 611 g/mol. The van der Waals surface area contributed by atoms with Gasteiger partial charge in [-0.05, 0) is 81.1 Å². The number of benzene rings is 3. The smallest absolute Gasteiger partial charge is 0.264 e. The molecule has 3 aromatic rings. The summed E-state index contributed by atoms with van der Waals surface area (Å²) in [6, 6.07) is 17.9. The van der Waals surface area contributed by atoms with E-state index < -0.39 is 28.5 Å². The first-order valence-corrected chi connectivity index (χ1v) is 15.9. The maximum Gasteiger partial charge on any atom is 0.264 e. The van der Waals surface area contributed by atoms with Crippen molar-refractivity contribution in [2.75, 3.05) is 18.0 Å². The van der Waals surface area contributed by atoms with E-state index in [0.29, 0.717) is 10.8 Å². The van der Waals surface area contributed by atoms with E-state index in [0.717, 1.165) is 46.7 Å². The van der Waals surface area contributed by atoms with Crippen molar-refractivity contribution in [3.63, 3.8) is 0 Å². The summed E-state index contributed by atoms with van der Waals surface area (Å²) in [6.07, 6.45) is 3.91. The van der Waals surface area contributed by atoms with Gasteiger partial charge in [-0.3, -0.25) is 13.9 Å². The molecule has 0 bridgehead atoms. The summed E-state index contributed by atoms with van der Waals surface area (Å²) in [5.74, 6) is -0.496. The van der Waals surface area contributed by atoms with Gasteiger partial charge in [0.1, 0.15) is 18.3 Å². The molecule has 224 valence electrons. The predicted octanol–water partition coefficient (Wildman–Crippen LogP) is 5.64. The number of sulfonamides is 1. The average molecular weight is 612 g/mol. The molecular formula is C32H38ClN3O5S. The van der Waals surface area contributed by atoms with Gasteiger partial charge in [-0.15, -0.1) is 0 Å². The lowest BCUT2D eigenvalue weighted by Crippen LogP contribution is -2.52. The summed E-state index contributed by atoms with van der Waals surface area (Å²) in [5.41, 5.74) is 2.70. The minimum Gasteiger partial charge on any atom is -0.495 e. The van der Waals surface area contributed by atoms with Gasteiger partial charge in [-0.1, -0.05) is 60.3 Å². The fourth-order valence-corrected chi connectivity index (χ4v) is 6.65. The van der Waals surface area contributed by atoms with Crippen molar-refractivity contribution in [1.29, 1.82) is 0 Å². The van der Waals surface area contributed by atoms with E-state index in [1.165, 1.54) is 24.1 Å². The second-order valence-corrected chi connectivity index (χ2v) is 13.1. The van der Waals surface area contributed by atoms with Gasteiger partial charge >= 0.3 is 0 Å². The molecular weight excluding hydrogens is 574 g/mol. The Morgan fingerprint density at radius 2 is 1.60 bits per heavy atom. The first-order chi connectivity index (χ1) is 20.0. The van der Waals surface area contributed by atoms with E-state index in [2.05, 4.69) is 5.32 Å². The van der Waals surface area contributed by atoms with Crippen LogP contribution in [-0.4, -0.2) is 50.9 Å². The zero-order chi connectivity index (χ0) is 30.4. The van der Waals surface area contributed by atoms with E-state index in [4.69, 9.17) is 16.3 Å². The van der Waals surface area contributed by atoms with Crippen molar-refractivity contribution < 1.29 is 22.7 Å². The first-order valence-electron chi connectivity index (χ1n) is 14.1. The lowest BCUT2D eigenvalue weighted by molar-refractivity contribution is -0.139. The number of amides is 2. The van der Waals surface area contributed by atoms with E-state index in [-0.39, 0.29) is 29.1 Å². The zero-order valence-corrected chi connectivity index (χ0v) is 26.0. The first kappa shape index (κ1) is 31.4. The van der Waals surface area contributed by atoms with Crippen LogP contribution in [0.2, 0.25) is 5.02 Å². The second kappa shape index (κ2) is 13.6. The molecule has 0 aliphatic heterocycles. The number of hydrogen-bond donors (Lipinski definition) is 1. The number of nitrogens with zero attached hydrogens (tertiary/aromatic N) is 2. The lowest BCUT2D eigenvalue weighted by Gasteiger charge is -2.33. The molecule has 0 aromatic heterocycles. The number of carbonyl (C=O) groups excluding carboxylic acids is 2. The van der Waals surface area contributed by atoms with Crippen LogP contribution < -0.4 is 14.4 Å². The van der Waals surface area contributed by atoms with Crippen LogP contribution >= 0.6 is 11.6 Å². The van der Waals surface area contributed by atoms with Gasteiger partial charge in [0.05, 0.1) is 17.7 Å². The largest absolute Gasteiger partial charge is 0.495 e. The molecule has 1 saturated carbocycles. The Morgan fingerprint density at radius 1 is 0.976 bits per heavy atom. The number of hydrogen-bond acceptors (Lipinski definition) is 5. The third-order valence-electron chi connectivity index (χ3n) is 7.63. The Morgan fingerprint density at radius 3 is 2.21 bits per heavy atom. The highest BCUT2D eigenvalue weighted by Gasteiger charge is 2.34. The second-order valence-electron chi connectivity index (χ2n) is 10.8. The number of anilines is 1. The van der Waals surface area contributed by atoms with Crippen LogP contribution in [0.25, 0.3) is 0 Å². The highest BCUT2D eigenvalue weighted by atomic mass is 35.5. The Hall–Kier alpha value is -3.56. The Bertz CT molecular complexity index is 1500. The normalized spacial score (nSPS) is 14.3. The van der Waals surface area contributed by atoms with E-state index in [9.17, 15) is 18.0 Å². The molecule has 1 N–H and O–H groups in total. The molecule has 1 aliphatic carbocycles. The van der Waals surface area contributed by atoms with Gasteiger partial charge in [0.25, 0.3) is 10.0 Å². The third kappa shape index (κ3) is 7.44. The molecule has 1 atom stereocenters. The Labute approximate surface area is 253 Å². The number of carbonyl (C=O) groups is 2. The number of aryl methyl sites for hydroxylation is 2. The van der Waals surface area contributed by atoms with Crippen molar-refractivity contribution in [1.82, 2.24) is 10.2 Å². The fraction of sp³-hybridized carbons (Fsp3) is 0.375. The van der Waals surface area contributed by atoms with Crippen LogP contribution in [0.1, 0.15) is 49.3 Å². The highest BCUT2D eigenvalue weighted by molar-refractivity contribution is 7.92. The maximum absolute atomic E-state index is 14.2. The standard InChI is InChI=1S/C32H38ClN3O5S/c1-22-9-16-28(17-10-22)42(39,40)36(29-19-23(2)11-18-30(29)41-4)21-31(37)35(20-25-12-14-26(33)15-13-25)24(3)32(38)34-27-7-5-6-8-27/h9-19,24,27H,5-8,20-21H2,1-4H3,(H,34,38)/t24-/m1/s1. The summed E-state index contributed by atoms with van der Waals surface area (Å²) in [4.78, 5) is 29.0. The van der Waals surface area contributed by atoms with Crippen LogP contribution in [0, 0.1) is 13.8 Å². The van der Waals surface area contributed by atoms with Gasteiger partial charge in [-0.2, -0.15) is 0 Å². The highest BCUT2D eigenvalue weighted by Crippen LogP contribution is 2.34. The van der Waals surface area contributed by atoms with Crippen molar-refractivity contribution in [3.05, 3.63) is 88.4 Å². The Kier molecular flexibility index (Phi) is 10.2. The van der Waals surface area contributed by atoms with Gasteiger partial charge in [0.2, 0.25) is 11.8 Å². The van der Waals surface area contributed by atoms with Crippen LogP contribution in [0.15, 0.2) is 71.6 Å². The topological polar surface area (TPSA) is 96.0 Å². The summed E-state index contributed by atoms with van der Waals surface area (Å²) in [5, 5.41) is 3.62. The molecule has 3 aromatic carbocycles. The van der Waals surface area contributed by atoms with Gasteiger partial charge in [0.15, 0.2) is 0 Å². The SMILES string of the molecule is COc1ccc(C)cc1N(CC(=O)N(Cc1ccc(Cl)cc1)[C@H](C)C(=O)NC1CCCC1)S(=O)(=O)c1ccc(C)cc1. The van der Waals surface area contributed by atoms with E-state index >= 15 is 0 Å². The molecule has 1 aliphatic rings. The molecule has 8 nitrogen and oxygen atoms in total. The predicted molar refractivity (Wildman–Crippen MR) is 165 cm³/mol. The number of rotatable bonds is 11. The Balaban J connectivity index is 1.73. The van der Waals surface area contributed by atoms with Crippen molar-refractivity contribution in [2.45, 2.75) is 70.0 Å². The summed E-state index contributed by atoms with van der Waals surface area (Å²) >= 11 is 6.09. The molecule has 0 unspecified atom stereocenters. The summed E-state index contributed by atoms with van der Waals surface area (Å²) in [7, 11) is -2.75. The van der Waals surface area contributed by atoms with Gasteiger partial charge in [0, 0.05) is 17.6 Å². The quantitative estimate of drug-likeness (QED) is 0.303. The summed E-state index contributed by atoms with van der Waals surface area (Å²) in [6.45, 7) is 4.94. The fourth-order valence-electron chi connectivity index (χ4n) is 5.11. The molecule has 42 heavy (non-hydrogen) atoms.